The topological polar surface area (TPSA) is 67.6 Å². The summed E-state index contributed by atoms with van der Waals surface area (Å²) in [5, 5.41) is 3.00. The maximum Gasteiger partial charge on any atom is 0.241 e. The third kappa shape index (κ3) is 4.44. The Morgan fingerprint density at radius 1 is 1.38 bits per heavy atom. The largest absolute Gasteiger partial charge is 0.492 e. The number of ether oxygens (including phenoxy) is 1. The summed E-state index contributed by atoms with van der Waals surface area (Å²) in [5.41, 5.74) is 6.20. The molecule has 1 aliphatic heterocycles. The lowest BCUT2D eigenvalue weighted by Gasteiger charge is -2.33. The number of anilines is 1. The van der Waals surface area contributed by atoms with E-state index in [1.165, 1.54) is 6.42 Å². The van der Waals surface area contributed by atoms with Crippen LogP contribution in [-0.2, 0) is 4.79 Å². The molecule has 1 aliphatic rings. The molecule has 5 heteroatoms. The fourth-order valence-electron chi connectivity index (χ4n) is 2.70. The van der Waals surface area contributed by atoms with Gasteiger partial charge in [-0.3, -0.25) is 9.69 Å². The van der Waals surface area contributed by atoms with Gasteiger partial charge < -0.3 is 15.8 Å². The number of likely N-dealkylation sites (tertiary alicyclic amines) is 1. The minimum atomic E-state index is -0.00285. The van der Waals surface area contributed by atoms with Crippen molar-refractivity contribution in [2.24, 2.45) is 5.73 Å². The molecule has 1 aromatic carbocycles. The summed E-state index contributed by atoms with van der Waals surface area (Å²) in [5.74, 6) is 0.860. The van der Waals surface area contributed by atoms with Crippen LogP contribution < -0.4 is 15.8 Å². The molecule has 21 heavy (non-hydrogen) atoms. The highest BCUT2D eigenvalue weighted by Crippen LogP contribution is 2.20. The molecule has 1 unspecified atom stereocenters. The Balaban J connectivity index is 1.92. The van der Waals surface area contributed by atoms with Crippen LogP contribution in [-0.4, -0.2) is 43.1 Å². The van der Waals surface area contributed by atoms with Crippen LogP contribution in [0.2, 0.25) is 0 Å². The van der Waals surface area contributed by atoms with Gasteiger partial charge in [-0.2, -0.15) is 0 Å². The van der Waals surface area contributed by atoms with E-state index < -0.39 is 0 Å². The van der Waals surface area contributed by atoms with Gasteiger partial charge in [-0.05, 0) is 50.2 Å². The molecule has 1 atom stereocenters. The monoisotopic (exact) mass is 291 g/mol. The molecule has 0 saturated carbocycles. The summed E-state index contributed by atoms with van der Waals surface area (Å²) in [4.78, 5) is 14.6. The van der Waals surface area contributed by atoms with Crippen molar-refractivity contribution in [3.05, 3.63) is 24.3 Å². The summed E-state index contributed by atoms with van der Waals surface area (Å²) in [7, 11) is 0. The third-order valence-corrected chi connectivity index (χ3v) is 3.83. The Morgan fingerprint density at radius 2 is 2.14 bits per heavy atom. The van der Waals surface area contributed by atoms with Crippen LogP contribution >= 0.6 is 0 Å². The number of benzene rings is 1. The average Bonchev–Trinajstić information content (AvgIpc) is 2.54. The van der Waals surface area contributed by atoms with Crippen LogP contribution in [0.1, 0.15) is 26.2 Å². The fraction of sp³-hybridized carbons (Fsp3) is 0.562. The van der Waals surface area contributed by atoms with Crippen LogP contribution in [0.4, 0.5) is 5.69 Å². The lowest BCUT2D eigenvalue weighted by Crippen LogP contribution is -2.46. The van der Waals surface area contributed by atoms with E-state index in [4.69, 9.17) is 10.5 Å². The molecule has 1 fully saturated rings. The number of hydrogen-bond acceptors (Lipinski definition) is 4. The SMILES string of the molecule is CCN1CCCCC1C(=O)Nc1ccc(OCCN)cc1. The van der Waals surface area contributed by atoms with Gasteiger partial charge >= 0.3 is 0 Å². The zero-order valence-corrected chi connectivity index (χ0v) is 12.7. The lowest BCUT2D eigenvalue weighted by molar-refractivity contribution is -0.122. The first-order valence-corrected chi connectivity index (χ1v) is 7.72. The van der Waals surface area contributed by atoms with Crippen LogP contribution in [0.3, 0.4) is 0 Å². The molecule has 0 aliphatic carbocycles. The van der Waals surface area contributed by atoms with Crippen molar-refractivity contribution < 1.29 is 9.53 Å². The fourth-order valence-corrected chi connectivity index (χ4v) is 2.70. The minimum Gasteiger partial charge on any atom is -0.492 e. The van der Waals surface area contributed by atoms with Gasteiger partial charge in [-0.1, -0.05) is 13.3 Å². The number of nitrogens with two attached hydrogens (primary N) is 1. The van der Waals surface area contributed by atoms with E-state index in [0.717, 1.165) is 37.4 Å². The number of nitrogens with zero attached hydrogens (tertiary/aromatic N) is 1. The molecule has 1 amide bonds. The molecule has 2 rings (SSSR count). The number of hydrogen-bond donors (Lipinski definition) is 2. The highest BCUT2D eigenvalue weighted by molar-refractivity contribution is 5.94. The molecule has 5 nitrogen and oxygen atoms in total. The van der Waals surface area contributed by atoms with E-state index in [1.807, 2.05) is 24.3 Å². The summed E-state index contributed by atoms with van der Waals surface area (Å²) < 4.78 is 5.42. The summed E-state index contributed by atoms with van der Waals surface area (Å²) in [6.07, 6.45) is 3.25. The second-order valence-electron chi connectivity index (χ2n) is 5.29. The van der Waals surface area contributed by atoms with E-state index in [1.54, 1.807) is 0 Å². The van der Waals surface area contributed by atoms with Crippen molar-refractivity contribution >= 4 is 11.6 Å². The Kier molecular flexibility index (Phi) is 6.02. The zero-order chi connectivity index (χ0) is 15.1. The molecular formula is C16H25N3O2. The molecule has 0 aromatic heterocycles. The molecule has 1 heterocycles. The molecule has 116 valence electrons. The number of likely N-dealkylation sites (N-methyl/N-ethyl adjacent to an activating group) is 1. The first kappa shape index (κ1) is 15.8. The average molecular weight is 291 g/mol. The highest BCUT2D eigenvalue weighted by Gasteiger charge is 2.27. The van der Waals surface area contributed by atoms with Crippen LogP contribution in [0.25, 0.3) is 0 Å². The van der Waals surface area contributed by atoms with E-state index in [-0.39, 0.29) is 11.9 Å². The van der Waals surface area contributed by atoms with Crippen molar-refractivity contribution in [2.75, 3.05) is 31.6 Å². The molecule has 0 spiro atoms. The minimum absolute atomic E-state index is 0.00285. The van der Waals surface area contributed by atoms with Gasteiger partial charge in [0.1, 0.15) is 12.4 Å². The molecule has 1 saturated heterocycles. The van der Waals surface area contributed by atoms with Gasteiger partial charge in [-0.25, -0.2) is 0 Å². The second kappa shape index (κ2) is 8.00. The molecule has 1 aromatic rings. The third-order valence-electron chi connectivity index (χ3n) is 3.83. The van der Waals surface area contributed by atoms with Gasteiger partial charge in [0, 0.05) is 12.2 Å². The Bertz CT molecular complexity index is 447. The van der Waals surface area contributed by atoms with Gasteiger partial charge in [0.15, 0.2) is 0 Å². The lowest BCUT2D eigenvalue weighted by atomic mass is 10.0. The maximum absolute atomic E-state index is 12.4. The van der Waals surface area contributed by atoms with Crippen LogP contribution in [0.5, 0.6) is 5.75 Å². The predicted molar refractivity (Wildman–Crippen MR) is 84.5 cm³/mol. The van der Waals surface area contributed by atoms with E-state index in [9.17, 15) is 4.79 Å². The van der Waals surface area contributed by atoms with Gasteiger partial charge in [-0.15, -0.1) is 0 Å². The Morgan fingerprint density at radius 3 is 2.81 bits per heavy atom. The maximum atomic E-state index is 12.4. The van der Waals surface area contributed by atoms with E-state index in [0.29, 0.717) is 13.2 Å². The number of carbonyl (C=O) groups is 1. The van der Waals surface area contributed by atoms with Crippen molar-refractivity contribution in [2.45, 2.75) is 32.2 Å². The normalized spacial score (nSPS) is 19.2. The van der Waals surface area contributed by atoms with Crippen LogP contribution in [0, 0.1) is 0 Å². The molecular weight excluding hydrogens is 266 g/mol. The second-order valence-corrected chi connectivity index (χ2v) is 5.29. The summed E-state index contributed by atoms with van der Waals surface area (Å²) >= 11 is 0. The Labute approximate surface area is 126 Å². The molecule has 3 N–H and O–H groups in total. The van der Waals surface area contributed by atoms with Crippen molar-refractivity contribution in [1.82, 2.24) is 4.90 Å². The smallest absolute Gasteiger partial charge is 0.241 e. The number of rotatable bonds is 6. The highest BCUT2D eigenvalue weighted by atomic mass is 16.5. The predicted octanol–water partition coefficient (Wildman–Crippen LogP) is 1.84. The number of piperidine rings is 1. The van der Waals surface area contributed by atoms with Crippen molar-refractivity contribution in [3.63, 3.8) is 0 Å². The molecule has 0 radical (unpaired) electrons. The standard InChI is InChI=1S/C16H25N3O2/c1-2-19-11-4-3-5-15(19)16(20)18-13-6-8-14(9-7-13)21-12-10-17/h6-9,15H,2-5,10-12,17H2,1H3,(H,18,20). The van der Waals surface area contributed by atoms with Gasteiger partial charge in [0.2, 0.25) is 5.91 Å². The van der Waals surface area contributed by atoms with Gasteiger partial charge in [0.05, 0.1) is 6.04 Å². The van der Waals surface area contributed by atoms with E-state index >= 15 is 0 Å². The quantitative estimate of drug-likeness (QED) is 0.839. The first-order chi connectivity index (χ1) is 10.2. The summed E-state index contributed by atoms with van der Waals surface area (Å²) in [6.45, 7) is 5.03. The summed E-state index contributed by atoms with van der Waals surface area (Å²) in [6, 6.07) is 7.43. The van der Waals surface area contributed by atoms with Gasteiger partial charge in [0.25, 0.3) is 0 Å². The first-order valence-electron chi connectivity index (χ1n) is 7.72. The van der Waals surface area contributed by atoms with E-state index in [2.05, 4.69) is 17.1 Å². The zero-order valence-electron chi connectivity index (χ0n) is 12.7. The Hall–Kier alpha value is -1.59. The molecule has 0 bridgehead atoms. The van der Waals surface area contributed by atoms with Crippen LogP contribution in [0.15, 0.2) is 24.3 Å². The van der Waals surface area contributed by atoms with Crippen molar-refractivity contribution in [1.29, 1.82) is 0 Å². The number of carbonyl (C=O) groups excluding carboxylic acids is 1. The number of nitrogens with one attached hydrogen (secondary N) is 1. The number of amides is 1. The van der Waals surface area contributed by atoms with Crippen molar-refractivity contribution in [3.8, 4) is 5.75 Å².